The third-order valence-electron chi connectivity index (χ3n) is 5.18. The van der Waals surface area contributed by atoms with Crippen LogP contribution in [0.5, 0.6) is 0 Å². The van der Waals surface area contributed by atoms with Crippen LogP contribution in [-0.4, -0.2) is 55.4 Å². The molecule has 0 bridgehead atoms. The number of rotatable bonds is 6. The van der Waals surface area contributed by atoms with Crippen LogP contribution in [0.3, 0.4) is 0 Å². The SMILES string of the molecule is CN(C)S(=O)(=O)c1ccc(S(=O)(=O)N(C)c2ccccc2N2CCCCC2)cc1. The number of nitrogens with zero attached hydrogens (tertiary/aromatic N) is 3. The van der Waals surface area contributed by atoms with E-state index in [1.807, 2.05) is 18.2 Å². The van der Waals surface area contributed by atoms with Crippen molar-refractivity contribution >= 4 is 31.4 Å². The number of hydrogen-bond donors (Lipinski definition) is 0. The van der Waals surface area contributed by atoms with Crippen LogP contribution < -0.4 is 9.21 Å². The smallest absolute Gasteiger partial charge is 0.264 e. The zero-order chi connectivity index (χ0) is 21.2. The van der Waals surface area contributed by atoms with Gasteiger partial charge in [-0.2, -0.15) is 0 Å². The summed E-state index contributed by atoms with van der Waals surface area (Å²) in [5.41, 5.74) is 1.50. The molecule has 0 spiro atoms. The summed E-state index contributed by atoms with van der Waals surface area (Å²) < 4.78 is 53.2. The first kappa shape index (κ1) is 21.6. The van der Waals surface area contributed by atoms with Crippen LogP contribution in [0, 0.1) is 0 Å². The van der Waals surface area contributed by atoms with E-state index in [0.717, 1.165) is 35.9 Å². The maximum atomic E-state index is 13.2. The number of para-hydroxylation sites is 2. The maximum absolute atomic E-state index is 13.2. The fourth-order valence-corrected chi connectivity index (χ4v) is 5.53. The highest BCUT2D eigenvalue weighted by atomic mass is 32.2. The maximum Gasteiger partial charge on any atom is 0.264 e. The van der Waals surface area contributed by atoms with Gasteiger partial charge in [-0.1, -0.05) is 12.1 Å². The fraction of sp³-hybridized carbons (Fsp3) is 0.400. The Hall–Kier alpha value is -2.10. The number of benzene rings is 2. The molecule has 1 aliphatic heterocycles. The first-order valence-electron chi connectivity index (χ1n) is 9.51. The Balaban J connectivity index is 1.94. The van der Waals surface area contributed by atoms with Crippen LogP contribution in [-0.2, 0) is 20.0 Å². The lowest BCUT2D eigenvalue weighted by molar-refractivity contribution is 0.520. The molecule has 0 N–H and O–H groups in total. The van der Waals surface area contributed by atoms with E-state index in [1.165, 1.54) is 56.1 Å². The molecule has 0 aliphatic carbocycles. The first-order chi connectivity index (χ1) is 13.7. The second-order valence-electron chi connectivity index (χ2n) is 7.27. The van der Waals surface area contributed by atoms with Crippen LogP contribution in [0.15, 0.2) is 58.3 Å². The normalized spacial score (nSPS) is 15.5. The zero-order valence-corrected chi connectivity index (χ0v) is 18.6. The van der Waals surface area contributed by atoms with Crippen LogP contribution in [0.4, 0.5) is 11.4 Å². The van der Waals surface area contributed by atoms with Gasteiger partial charge < -0.3 is 4.90 Å². The van der Waals surface area contributed by atoms with Crippen molar-refractivity contribution in [3.63, 3.8) is 0 Å². The van der Waals surface area contributed by atoms with E-state index in [9.17, 15) is 16.8 Å². The van der Waals surface area contributed by atoms with Gasteiger partial charge in [-0.05, 0) is 55.7 Å². The summed E-state index contributed by atoms with van der Waals surface area (Å²) in [4.78, 5) is 2.32. The van der Waals surface area contributed by atoms with Gasteiger partial charge in [-0.3, -0.25) is 4.31 Å². The van der Waals surface area contributed by atoms with E-state index in [1.54, 1.807) is 6.07 Å². The third-order valence-corrected chi connectivity index (χ3v) is 8.79. The Morgan fingerprint density at radius 2 is 1.24 bits per heavy atom. The Kier molecular flexibility index (Phi) is 6.21. The number of piperidine rings is 1. The van der Waals surface area contributed by atoms with Crippen LogP contribution in [0.2, 0.25) is 0 Å². The molecule has 0 amide bonds. The molecule has 0 atom stereocenters. The average molecular weight is 438 g/mol. The van der Waals surface area contributed by atoms with Gasteiger partial charge in [0.2, 0.25) is 10.0 Å². The lowest BCUT2D eigenvalue weighted by atomic mass is 10.1. The van der Waals surface area contributed by atoms with E-state index >= 15 is 0 Å². The van der Waals surface area contributed by atoms with E-state index < -0.39 is 20.0 Å². The second-order valence-corrected chi connectivity index (χ2v) is 11.4. The molecule has 1 heterocycles. The number of hydrogen-bond acceptors (Lipinski definition) is 5. The predicted octanol–water partition coefficient (Wildman–Crippen LogP) is 2.75. The molecule has 1 saturated heterocycles. The van der Waals surface area contributed by atoms with E-state index in [0.29, 0.717) is 5.69 Å². The lowest BCUT2D eigenvalue weighted by Crippen LogP contribution is -2.33. The van der Waals surface area contributed by atoms with Crippen LogP contribution >= 0.6 is 0 Å². The molecule has 1 fully saturated rings. The Labute approximate surface area is 173 Å². The summed E-state index contributed by atoms with van der Waals surface area (Å²) in [5.74, 6) is 0. The lowest BCUT2D eigenvalue weighted by Gasteiger charge is -2.32. The molecular weight excluding hydrogens is 410 g/mol. The minimum Gasteiger partial charge on any atom is -0.370 e. The minimum atomic E-state index is -3.84. The number of anilines is 2. The van der Waals surface area contributed by atoms with Gasteiger partial charge in [0.15, 0.2) is 0 Å². The van der Waals surface area contributed by atoms with Crippen LogP contribution in [0.1, 0.15) is 19.3 Å². The molecule has 2 aromatic carbocycles. The zero-order valence-electron chi connectivity index (χ0n) is 16.9. The van der Waals surface area contributed by atoms with Gasteiger partial charge in [0.05, 0.1) is 21.2 Å². The second kappa shape index (κ2) is 8.33. The molecule has 0 aromatic heterocycles. The molecule has 7 nitrogen and oxygen atoms in total. The van der Waals surface area contributed by atoms with Crippen molar-refractivity contribution < 1.29 is 16.8 Å². The summed E-state index contributed by atoms with van der Waals surface area (Å²) in [5, 5.41) is 0. The molecule has 0 radical (unpaired) electrons. The molecule has 1 aliphatic rings. The average Bonchev–Trinajstić information content (AvgIpc) is 2.73. The summed E-state index contributed by atoms with van der Waals surface area (Å²) in [6.07, 6.45) is 3.37. The highest BCUT2D eigenvalue weighted by molar-refractivity contribution is 7.92. The van der Waals surface area contributed by atoms with Gasteiger partial charge in [-0.15, -0.1) is 0 Å². The molecule has 2 aromatic rings. The highest BCUT2D eigenvalue weighted by Gasteiger charge is 2.26. The Morgan fingerprint density at radius 3 is 1.79 bits per heavy atom. The van der Waals surface area contributed by atoms with Crippen LogP contribution in [0.25, 0.3) is 0 Å². The quantitative estimate of drug-likeness (QED) is 0.694. The summed E-state index contributed by atoms with van der Waals surface area (Å²) in [6, 6.07) is 12.8. The van der Waals surface area contributed by atoms with Gasteiger partial charge >= 0.3 is 0 Å². The van der Waals surface area contributed by atoms with Gasteiger partial charge in [0.1, 0.15) is 0 Å². The summed E-state index contributed by atoms with van der Waals surface area (Å²) in [6.45, 7) is 1.81. The first-order valence-corrected chi connectivity index (χ1v) is 12.4. The van der Waals surface area contributed by atoms with Crippen molar-refractivity contribution in [2.24, 2.45) is 0 Å². The summed E-state index contributed by atoms with van der Waals surface area (Å²) >= 11 is 0. The summed E-state index contributed by atoms with van der Waals surface area (Å²) in [7, 11) is -3.05. The van der Waals surface area contributed by atoms with Crippen molar-refractivity contribution in [2.75, 3.05) is 43.4 Å². The van der Waals surface area contributed by atoms with E-state index in [2.05, 4.69) is 4.90 Å². The topological polar surface area (TPSA) is 78.0 Å². The largest absolute Gasteiger partial charge is 0.370 e. The number of sulfonamides is 2. The van der Waals surface area contributed by atoms with Gasteiger partial charge in [0, 0.05) is 34.2 Å². The van der Waals surface area contributed by atoms with Gasteiger partial charge in [0.25, 0.3) is 10.0 Å². The highest BCUT2D eigenvalue weighted by Crippen LogP contribution is 2.33. The minimum absolute atomic E-state index is 0.0474. The Morgan fingerprint density at radius 1 is 0.724 bits per heavy atom. The van der Waals surface area contributed by atoms with Crippen molar-refractivity contribution in [1.82, 2.24) is 4.31 Å². The van der Waals surface area contributed by atoms with Crippen molar-refractivity contribution in [3.8, 4) is 0 Å². The van der Waals surface area contributed by atoms with E-state index in [-0.39, 0.29) is 9.79 Å². The molecule has 29 heavy (non-hydrogen) atoms. The predicted molar refractivity (Wildman–Crippen MR) is 115 cm³/mol. The molecule has 9 heteroatoms. The fourth-order valence-electron chi connectivity index (χ4n) is 3.41. The molecule has 0 unspecified atom stereocenters. The van der Waals surface area contributed by atoms with Crippen molar-refractivity contribution in [3.05, 3.63) is 48.5 Å². The molecule has 158 valence electrons. The van der Waals surface area contributed by atoms with Gasteiger partial charge in [-0.25, -0.2) is 21.1 Å². The Bertz CT molecular complexity index is 1060. The van der Waals surface area contributed by atoms with Crippen molar-refractivity contribution in [2.45, 2.75) is 29.1 Å². The van der Waals surface area contributed by atoms with Crippen molar-refractivity contribution in [1.29, 1.82) is 0 Å². The molecule has 0 saturated carbocycles. The monoisotopic (exact) mass is 437 g/mol. The van der Waals surface area contributed by atoms with E-state index in [4.69, 9.17) is 0 Å². The molecule has 3 rings (SSSR count). The molecular formula is C20H27N3O4S2. The third kappa shape index (κ3) is 4.26. The standard InChI is InChI=1S/C20H27N3O4S2/c1-21(2)28(24,25)17-11-13-18(14-12-17)29(26,27)22(3)19-9-5-6-10-20(19)23-15-7-4-8-16-23/h5-6,9-14H,4,7-8,15-16H2,1-3H3.